The first-order chi connectivity index (χ1) is 11.1. The summed E-state index contributed by atoms with van der Waals surface area (Å²) in [6.07, 6.45) is 2.11. The maximum atomic E-state index is 12.4. The highest BCUT2D eigenvalue weighted by atomic mass is 16.5. The van der Waals surface area contributed by atoms with Gasteiger partial charge in [-0.2, -0.15) is 0 Å². The Kier molecular flexibility index (Phi) is 6.86. The van der Waals surface area contributed by atoms with E-state index in [-0.39, 0.29) is 12.0 Å². The lowest BCUT2D eigenvalue weighted by Gasteiger charge is -2.32. The number of ether oxygens (including phenoxy) is 1. The number of hydrogen-bond donors (Lipinski definition) is 1. The van der Waals surface area contributed by atoms with Gasteiger partial charge in [0.1, 0.15) is 0 Å². The number of carbonyl (C=O) groups is 1. The van der Waals surface area contributed by atoms with Gasteiger partial charge in [0.25, 0.3) is 5.91 Å². The second-order valence-electron chi connectivity index (χ2n) is 6.01. The van der Waals surface area contributed by atoms with E-state index in [4.69, 9.17) is 10.5 Å². The van der Waals surface area contributed by atoms with Gasteiger partial charge in [-0.25, -0.2) is 0 Å². The van der Waals surface area contributed by atoms with E-state index in [1.165, 1.54) is 0 Å². The Balaban J connectivity index is 1.73. The topological polar surface area (TPSA) is 58.8 Å². The Morgan fingerprint density at radius 2 is 1.83 bits per heavy atom. The lowest BCUT2D eigenvalue weighted by molar-refractivity contribution is 0.00105. The quantitative estimate of drug-likeness (QED) is 0.783. The molecule has 1 aromatic carbocycles. The predicted molar refractivity (Wildman–Crippen MR) is 93.5 cm³/mol. The van der Waals surface area contributed by atoms with E-state index in [0.29, 0.717) is 11.3 Å². The number of likely N-dealkylation sites (tertiary alicyclic amines) is 1. The van der Waals surface area contributed by atoms with E-state index < -0.39 is 0 Å². The van der Waals surface area contributed by atoms with E-state index >= 15 is 0 Å². The van der Waals surface area contributed by atoms with Crippen molar-refractivity contribution >= 4 is 11.6 Å². The Bertz CT molecular complexity index is 478. The minimum Gasteiger partial charge on any atom is -0.399 e. The number of nitrogens with two attached hydrogens (primary N) is 1. The summed E-state index contributed by atoms with van der Waals surface area (Å²) in [6.45, 7) is 9.76. The molecule has 1 saturated heterocycles. The van der Waals surface area contributed by atoms with Crippen molar-refractivity contribution in [2.24, 2.45) is 0 Å². The SMILES string of the molecule is CCN(CC)CCOC1CCN(C(=O)c2ccc(N)cc2)CC1. The fourth-order valence-corrected chi connectivity index (χ4v) is 2.92. The van der Waals surface area contributed by atoms with Crippen LogP contribution in [0.15, 0.2) is 24.3 Å². The number of nitrogens with zero attached hydrogens (tertiary/aromatic N) is 2. The summed E-state index contributed by atoms with van der Waals surface area (Å²) in [6, 6.07) is 7.14. The van der Waals surface area contributed by atoms with Crippen LogP contribution in [0.2, 0.25) is 0 Å². The highest BCUT2D eigenvalue weighted by Crippen LogP contribution is 2.17. The number of nitrogen functional groups attached to an aromatic ring is 1. The van der Waals surface area contributed by atoms with Gasteiger partial charge in [0.2, 0.25) is 0 Å². The second kappa shape index (κ2) is 8.89. The molecular weight excluding hydrogens is 290 g/mol. The average Bonchev–Trinajstić information content (AvgIpc) is 2.59. The zero-order chi connectivity index (χ0) is 16.7. The van der Waals surface area contributed by atoms with Crippen LogP contribution in [0.4, 0.5) is 5.69 Å². The van der Waals surface area contributed by atoms with Gasteiger partial charge in [-0.15, -0.1) is 0 Å². The summed E-state index contributed by atoms with van der Waals surface area (Å²) in [5.74, 6) is 0.0894. The number of rotatable bonds is 7. The molecule has 128 valence electrons. The Hall–Kier alpha value is -1.59. The van der Waals surface area contributed by atoms with Crippen molar-refractivity contribution in [3.05, 3.63) is 29.8 Å². The van der Waals surface area contributed by atoms with Crippen LogP contribution in [0.1, 0.15) is 37.0 Å². The fraction of sp³-hybridized carbons (Fsp3) is 0.611. The van der Waals surface area contributed by atoms with Crippen LogP contribution in [-0.2, 0) is 4.74 Å². The Morgan fingerprint density at radius 1 is 1.22 bits per heavy atom. The Morgan fingerprint density at radius 3 is 2.39 bits per heavy atom. The smallest absolute Gasteiger partial charge is 0.253 e. The predicted octanol–water partition coefficient (Wildman–Crippen LogP) is 2.23. The van der Waals surface area contributed by atoms with E-state index in [2.05, 4.69) is 18.7 Å². The lowest BCUT2D eigenvalue weighted by atomic mass is 10.1. The number of piperidine rings is 1. The lowest BCUT2D eigenvalue weighted by Crippen LogP contribution is -2.41. The van der Waals surface area contributed by atoms with Crippen LogP contribution >= 0.6 is 0 Å². The zero-order valence-electron chi connectivity index (χ0n) is 14.3. The van der Waals surface area contributed by atoms with Gasteiger partial charge < -0.3 is 20.3 Å². The highest BCUT2D eigenvalue weighted by Gasteiger charge is 2.24. The van der Waals surface area contributed by atoms with Crippen molar-refractivity contribution in [2.45, 2.75) is 32.8 Å². The van der Waals surface area contributed by atoms with Gasteiger partial charge in [-0.05, 0) is 50.2 Å². The molecule has 5 nitrogen and oxygen atoms in total. The van der Waals surface area contributed by atoms with Crippen molar-refractivity contribution in [1.29, 1.82) is 0 Å². The molecule has 0 spiro atoms. The molecule has 0 saturated carbocycles. The first kappa shape index (κ1) is 17.8. The molecule has 1 aliphatic heterocycles. The molecule has 1 amide bonds. The summed E-state index contributed by atoms with van der Waals surface area (Å²) in [4.78, 5) is 16.7. The molecule has 0 radical (unpaired) electrons. The Labute approximate surface area is 139 Å². The van der Waals surface area contributed by atoms with E-state index in [1.54, 1.807) is 24.3 Å². The molecule has 2 rings (SSSR count). The highest BCUT2D eigenvalue weighted by molar-refractivity contribution is 5.94. The normalized spacial score (nSPS) is 16.0. The molecule has 1 aliphatic rings. The van der Waals surface area contributed by atoms with Crippen LogP contribution in [-0.4, -0.2) is 61.1 Å². The monoisotopic (exact) mass is 319 g/mol. The zero-order valence-corrected chi connectivity index (χ0v) is 14.3. The largest absolute Gasteiger partial charge is 0.399 e. The van der Waals surface area contributed by atoms with Crippen LogP contribution in [0.3, 0.4) is 0 Å². The molecule has 1 aromatic rings. The van der Waals surface area contributed by atoms with E-state index in [1.807, 2.05) is 4.90 Å². The number of likely N-dealkylation sites (N-methyl/N-ethyl adjacent to an activating group) is 1. The molecule has 1 heterocycles. The van der Waals surface area contributed by atoms with Crippen LogP contribution in [0.25, 0.3) is 0 Å². The number of amides is 1. The maximum Gasteiger partial charge on any atom is 0.253 e. The maximum absolute atomic E-state index is 12.4. The molecule has 0 bridgehead atoms. The van der Waals surface area contributed by atoms with E-state index in [9.17, 15) is 4.79 Å². The van der Waals surface area contributed by atoms with Gasteiger partial charge in [-0.1, -0.05) is 13.8 Å². The molecule has 0 aromatic heterocycles. The van der Waals surface area contributed by atoms with E-state index in [0.717, 1.165) is 52.2 Å². The summed E-state index contributed by atoms with van der Waals surface area (Å²) >= 11 is 0. The summed E-state index contributed by atoms with van der Waals surface area (Å²) in [5.41, 5.74) is 7.06. The van der Waals surface area contributed by atoms with Crippen molar-refractivity contribution in [2.75, 3.05) is 45.1 Å². The molecule has 5 heteroatoms. The number of carbonyl (C=O) groups excluding carboxylic acids is 1. The number of hydrogen-bond acceptors (Lipinski definition) is 4. The molecule has 0 aliphatic carbocycles. The first-order valence-corrected chi connectivity index (χ1v) is 8.62. The number of anilines is 1. The van der Waals surface area contributed by atoms with Crippen molar-refractivity contribution in [1.82, 2.24) is 9.80 Å². The van der Waals surface area contributed by atoms with Gasteiger partial charge >= 0.3 is 0 Å². The molecular formula is C18H29N3O2. The third-order valence-electron chi connectivity index (χ3n) is 4.54. The summed E-state index contributed by atoms with van der Waals surface area (Å²) in [7, 11) is 0. The number of benzene rings is 1. The van der Waals surface area contributed by atoms with Crippen LogP contribution < -0.4 is 5.73 Å². The standard InChI is InChI=1S/C18H29N3O2/c1-3-20(4-2)13-14-23-17-9-11-21(12-10-17)18(22)15-5-7-16(19)8-6-15/h5-8,17H,3-4,9-14,19H2,1-2H3. The molecule has 0 atom stereocenters. The minimum absolute atomic E-state index is 0.0894. The first-order valence-electron chi connectivity index (χ1n) is 8.62. The fourth-order valence-electron chi connectivity index (χ4n) is 2.92. The molecule has 0 unspecified atom stereocenters. The second-order valence-corrected chi connectivity index (χ2v) is 6.01. The molecule has 1 fully saturated rings. The van der Waals surface area contributed by atoms with Crippen LogP contribution in [0, 0.1) is 0 Å². The van der Waals surface area contributed by atoms with Crippen molar-refractivity contribution in [3.63, 3.8) is 0 Å². The van der Waals surface area contributed by atoms with Crippen LogP contribution in [0.5, 0.6) is 0 Å². The third kappa shape index (κ3) is 5.22. The summed E-state index contributed by atoms with van der Waals surface area (Å²) < 4.78 is 5.97. The van der Waals surface area contributed by atoms with Crippen molar-refractivity contribution < 1.29 is 9.53 Å². The van der Waals surface area contributed by atoms with Gasteiger partial charge in [-0.3, -0.25) is 4.79 Å². The molecule has 2 N–H and O–H groups in total. The minimum atomic E-state index is 0.0894. The average molecular weight is 319 g/mol. The van der Waals surface area contributed by atoms with Gasteiger partial charge in [0.15, 0.2) is 0 Å². The van der Waals surface area contributed by atoms with Gasteiger partial charge in [0, 0.05) is 30.9 Å². The van der Waals surface area contributed by atoms with Gasteiger partial charge in [0.05, 0.1) is 12.7 Å². The molecule has 23 heavy (non-hydrogen) atoms. The third-order valence-corrected chi connectivity index (χ3v) is 4.54. The summed E-state index contributed by atoms with van der Waals surface area (Å²) in [5, 5.41) is 0. The van der Waals surface area contributed by atoms with Crippen molar-refractivity contribution in [3.8, 4) is 0 Å².